The molecule has 0 amide bonds. The molecule has 2 aromatic rings. The molecule has 0 radical (unpaired) electrons. The molecule has 3 rings (SSSR count). The Morgan fingerprint density at radius 3 is 3.05 bits per heavy atom. The number of nitrogens with zero attached hydrogens (tertiary/aromatic N) is 2. The molecular formula is C17H22ClN3. The second-order valence-corrected chi connectivity index (χ2v) is 6.18. The first-order valence-corrected chi connectivity index (χ1v) is 8.15. The van der Waals surface area contributed by atoms with E-state index in [0.29, 0.717) is 0 Å². The van der Waals surface area contributed by atoms with E-state index in [0.717, 1.165) is 36.1 Å². The molecule has 0 saturated carbocycles. The van der Waals surface area contributed by atoms with Crippen molar-refractivity contribution in [2.45, 2.75) is 19.8 Å². The van der Waals surface area contributed by atoms with E-state index >= 15 is 0 Å². The average Bonchev–Trinajstić information content (AvgIpc) is 2.53. The molecule has 1 aliphatic rings. The van der Waals surface area contributed by atoms with E-state index in [-0.39, 0.29) is 0 Å². The topological polar surface area (TPSA) is 28.2 Å². The number of anilines is 1. The Balaban J connectivity index is 1.89. The number of rotatable bonds is 4. The number of halogens is 1. The largest absolute Gasteiger partial charge is 0.371 e. The zero-order chi connectivity index (χ0) is 14.7. The number of hydrogen-bond acceptors (Lipinski definition) is 3. The predicted octanol–water partition coefficient (Wildman–Crippen LogP) is 3.71. The lowest BCUT2D eigenvalue weighted by Gasteiger charge is -2.31. The van der Waals surface area contributed by atoms with Gasteiger partial charge < -0.3 is 10.2 Å². The van der Waals surface area contributed by atoms with Gasteiger partial charge >= 0.3 is 0 Å². The third-order valence-electron chi connectivity index (χ3n) is 4.28. The maximum atomic E-state index is 6.08. The smallest absolute Gasteiger partial charge is 0.0737 e. The van der Waals surface area contributed by atoms with Crippen molar-refractivity contribution in [1.29, 1.82) is 0 Å². The summed E-state index contributed by atoms with van der Waals surface area (Å²) in [6.07, 6.45) is 4.49. The summed E-state index contributed by atoms with van der Waals surface area (Å²) in [4.78, 5) is 6.91. The van der Waals surface area contributed by atoms with Crippen molar-refractivity contribution in [3.63, 3.8) is 0 Å². The fourth-order valence-corrected chi connectivity index (χ4v) is 3.34. The van der Waals surface area contributed by atoms with Gasteiger partial charge in [-0.1, -0.05) is 11.6 Å². The number of fused-ring (bicyclic) bond motifs is 1. The number of hydrogen-bond donors (Lipinski definition) is 1. The van der Waals surface area contributed by atoms with E-state index in [9.17, 15) is 0 Å². The lowest BCUT2D eigenvalue weighted by atomic mass is 9.98. The van der Waals surface area contributed by atoms with Crippen molar-refractivity contribution < 1.29 is 0 Å². The summed E-state index contributed by atoms with van der Waals surface area (Å²) in [6.45, 7) is 6.63. The van der Waals surface area contributed by atoms with Gasteiger partial charge in [-0.2, -0.15) is 0 Å². The number of nitrogens with one attached hydrogen (secondary N) is 1. The first-order chi connectivity index (χ1) is 10.3. The molecule has 21 heavy (non-hydrogen) atoms. The van der Waals surface area contributed by atoms with E-state index in [1.165, 1.54) is 30.5 Å². The lowest BCUT2D eigenvalue weighted by molar-refractivity contribution is 0.378. The third kappa shape index (κ3) is 3.30. The Labute approximate surface area is 131 Å². The Kier molecular flexibility index (Phi) is 4.61. The predicted molar refractivity (Wildman–Crippen MR) is 90.2 cm³/mol. The molecule has 1 aromatic heterocycles. The minimum Gasteiger partial charge on any atom is -0.371 e. The Morgan fingerprint density at radius 1 is 1.38 bits per heavy atom. The lowest BCUT2D eigenvalue weighted by Crippen LogP contribution is -2.38. The number of pyridine rings is 1. The van der Waals surface area contributed by atoms with Gasteiger partial charge in [-0.05, 0) is 63.0 Å². The van der Waals surface area contributed by atoms with E-state index < -0.39 is 0 Å². The summed E-state index contributed by atoms with van der Waals surface area (Å²) in [7, 11) is 0. The van der Waals surface area contributed by atoms with Crippen molar-refractivity contribution in [1.82, 2.24) is 10.3 Å². The monoisotopic (exact) mass is 303 g/mol. The summed E-state index contributed by atoms with van der Waals surface area (Å²) in [6, 6.07) is 8.10. The molecule has 0 aliphatic carbocycles. The highest BCUT2D eigenvalue weighted by molar-refractivity contribution is 6.31. The van der Waals surface area contributed by atoms with E-state index in [4.69, 9.17) is 11.6 Å². The molecule has 1 saturated heterocycles. The first-order valence-electron chi connectivity index (χ1n) is 7.78. The van der Waals surface area contributed by atoms with Crippen LogP contribution in [0.15, 0.2) is 30.5 Å². The van der Waals surface area contributed by atoms with Gasteiger partial charge in [0, 0.05) is 35.4 Å². The quantitative estimate of drug-likeness (QED) is 0.933. The molecule has 112 valence electrons. The fraction of sp³-hybridized carbons (Fsp3) is 0.471. The zero-order valence-electron chi connectivity index (χ0n) is 12.5. The van der Waals surface area contributed by atoms with Crippen molar-refractivity contribution >= 4 is 28.2 Å². The van der Waals surface area contributed by atoms with Crippen LogP contribution in [0.3, 0.4) is 0 Å². The fourth-order valence-electron chi connectivity index (χ4n) is 3.17. The Bertz CT molecular complexity index is 608. The second-order valence-electron chi connectivity index (χ2n) is 5.74. The van der Waals surface area contributed by atoms with Gasteiger partial charge in [0.05, 0.1) is 5.52 Å². The van der Waals surface area contributed by atoms with Gasteiger partial charge in [-0.15, -0.1) is 0 Å². The molecule has 0 bridgehead atoms. The second kappa shape index (κ2) is 6.63. The van der Waals surface area contributed by atoms with Gasteiger partial charge in [0.15, 0.2) is 0 Å². The average molecular weight is 304 g/mol. The van der Waals surface area contributed by atoms with Crippen LogP contribution < -0.4 is 10.2 Å². The normalized spacial score (nSPS) is 18.9. The molecular weight excluding hydrogens is 282 g/mol. The first kappa shape index (κ1) is 14.6. The van der Waals surface area contributed by atoms with Crippen LogP contribution in [-0.4, -0.2) is 31.2 Å². The van der Waals surface area contributed by atoms with Crippen LogP contribution in [0.4, 0.5) is 5.69 Å². The summed E-state index contributed by atoms with van der Waals surface area (Å²) in [5.41, 5.74) is 2.24. The maximum Gasteiger partial charge on any atom is 0.0737 e. The SMILES string of the molecule is CCN(CC1CCCNC1)c1ccnc2cc(Cl)ccc12. The van der Waals surface area contributed by atoms with Crippen LogP contribution in [0.5, 0.6) is 0 Å². The highest BCUT2D eigenvalue weighted by Crippen LogP contribution is 2.28. The number of benzene rings is 1. The number of piperidine rings is 1. The van der Waals surface area contributed by atoms with Crippen molar-refractivity contribution in [2.75, 3.05) is 31.1 Å². The minimum atomic E-state index is 0.731. The molecule has 1 fully saturated rings. The molecule has 1 unspecified atom stereocenters. The van der Waals surface area contributed by atoms with Crippen LogP contribution in [-0.2, 0) is 0 Å². The van der Waals surface area contributed by atoms with Gasteiger partial charge in [-0.3, -0.25) is 4.98 Å². The molecule has 0 spiro atoms. The van der Waals surface area contributed by atoms with Crippen LogP contribution in [0.25, 0.3) is 10.9 Å². The summed E-state index contributed by atoms with van der Waals surface area (Å²) in [5.74, 6) is 0.731. The maximum absolute atomic E-state index is 6.08. The molecule has 1 N–H and O–H groups in total. The van der Waals surface area contributed by atoms with Gasteiger partial charge in [0.25, 0.3) is 0 Å². The third-order valence-corrected chi connectivity index (χ3v) is 4.52. The van der Waals surface area contributed by atoms with E-state index in [2.05, 4.69) is 34.3 Å². The summed E-state index contributed by atoms with van der Waals surface area (Å²) in [5, 5.41) is 5.43. The molecule has 1 aromatic carbocycles. The van der Waals surface area contributed by atoms with Crippen LogP contribution in [0.2, 0.25) is 5.02 Å². The standard InChI is InChI=1S/C17H22ClN3/c1-2-21(12-13-4-3-8-19-11-13)17-7-9-20-16-10-14(18)5-6-15(16)17/h5-7,9-10,13,19H,2-4,8,11-12H2,1H3. The van der Waals surface area contributed by atoms with Gasteiger partial charge in [-0.25, -0.2) is 0 Å². The van der Waals surface area contributed by atoms with Crippen LogP contribution in [0, 0.1) is 5.92 Å². The molecule has 1 atom stereocenters. The van der Waals surface area contributed by atoms with Crippen LogP contribution >= 0.6 is 11.6 Å². The molecule has 1 aliphatic heterocycles. The van der Waals surface area contributed by atoms with Crippen molar-refractivity contribution in [3.8, 4) is 0 Å². The Hall–Kier alpha value is -1.32. The van der Waals surface area contributed by atoms with E-state index in [1.54, 1.807) is 0 Å². The van der Waals surface area contributed by atoms with Gasteiger partial charge in [0.2, 0.25) is 0 Å². The minimum absolute atomic E-state index is 0.731. The van der Waals surface area contributed by atoms with Gasteiger partial charge in [0.1, 0.15) is 0 Å². The Morgan fingerprint density at radius 2 is 2.29 bits per heavy atom. The molecule has 3 nitrogen and oxygen atoms in total. The zero-order valence-corrected chi connectivity index (χ0v) is 13.2. The van der Waals surface area contributed by atoms with Crippen molar-refractivity contribution in [2.24, 2.45) is 5.92 Å². The summed E-state index contributed by atoms with van der Waals surface area (Å²) >= 11 is 6.08. The van der Waals surface area contributed by atoms with Crippen molar-refractivity contribution in [3.05, 3.63) is 35.5 Å². The van der Waals surface area contributed by atoms with Crippen LogP contribution in [0.1, 0.15) is 19.8 Å². The van der Waals surface area contributed by atoms with E-state index in [1.807, 2.05) is 18.3 Å². The molecule has 4 heteroatoms. The molecule has 2 heterocycles. The highest BCUT2D eigenvalue weighted by Gasteiger charge is 2.18. The highest BCUT2D eigenvalue weighted by atomic mass is 35.5. The summed E-state index contributed by atoms with van der Waals surface area (Å²) < 4.78 is 0. The number of aromatic nitrogens is 1.